The van der Waals surface area contributed by atoms with E-state index >= 15 is 0 Å². The summed E-state index contributed by atoms with van der Waals surface area (Å²) in [6, 6.07) is 5.95. The molecule has 122 valence electrons. The molecule has 1 aliphatic rings. The maximum atomic E-state index is 13.1. The molecule has 2 aromatic rings. The summed E-state index contributed by atoms with van der Waals surface area (Å²) < 4.78 is 13.1. The van der Waals surface area contributed by atoms with E-state index < -0.39 is 0 Å². The third-order valence-corrected chi connectivity index (χ3v) is 4.61. The maximum absolute atomic E-state index is 13.1. The molecule has 6 nitrogen and oxygen atoms in total. The molecule has 0 aliphatic carbocycles. The molecule has 0 saturated carbocycles. The van der Waals surface area contributed by atoms with Gasteiger partial charge in [0.2, 0.25) is 11.0 Å². The number of aromatic nitrogens is 2. The van der Waals surface area contributed by atoms with E-state index in [-0.39, 0.29) is 23.7 Å². The number of hydrazine groups is 1. The number of benzene rings is 1. The number of hydrogen-bond acceptors (Lipinski definition) is 6. The summed E-state index contributed by atoms with van der Waals surface area (Å²) in [4.78, 5) is 12.5. The van der Waals surface area contributed by atoms with Gasteiger partial charge < -0.3 is 5.32 Å². The zero-order valence-electron chi connectivity index (χ0n) is 12.7. The van der Waals surface area contributed by atoms with E-state index in [2.05, 4.69) is 33.3 Å². The minimum absolute atomic E-state index is 0.129. The second-order valence-corrected chi connectivity index (χ2v) is 6.46. The predicted molar refractivity (Wildman–Crippen MR) is 86.3 cm³/mol. The number of amides is 1. The second kappa shape index (κ2) is 7.12. The van der Waals surface area contributed by atoms with Gasteiger partial charge >= 0.3 is 0 Å². The lowest BCUT2D eigenvalue weighted by molar-refractivity contribution is -0.119. The van der Waals surface area contributed by atoms with Gasteiger partial charge in [-0.15, -0.1) is 10.2 Å². The molecule has 23 heavy (non-hydrogen) atoms. The van der Waals surface area contributed by atoms with Crippen LogP contribution in [0, 0.1) is 11.7 Å². The van der Waals surface area contributed by atoms with Crippen LogP contribution in [-0.4, -0.2) is 22.6 Å². The van der Waals surface area contributed by atoms with Gasteiger partial charge in [0.15, 0.2) is 0 Å². The smallest absolute Gasteiger partial charge is 0.232 e. The van der Waals surface area contributed by atoms with Crippen LogP contribution in [0.5, 0.6) is 0 Å². The van der Waals surface area contributed by atoms with Crippen LogP contribution in [0.25, 0.3) is 0 Å². The van der Waals surface area contributed by atoms with Gasteiger partial charge in [0.25, 0.3) is 0 Å². The van der Waals surface area contributed by atoms with Gasteiger partial charge in [-0.25, -0.2) is 9.82 Å². The van der Waals surface area contributed by atoms with E-state index in [0.717, 1.165) is 23.4 Å². The first-order valence-corrected chi connectivity index (χ1v) is 8.36. The van der Waals surface area contributed by atoms with E-state index in [1.165, 1.54) is 23.5 Å². The third-order valence-electron chi connectivity index (χ3n) is 3.71. The van der Waals surface area contributed by atoms with Crippen LogP contribution >= 0.6 is 11.3 Å². The van der Waals surface area contributed by atoms with Crippen LogP contribution in [0.2, 0.25) is 0 Å². The number of rotatable bonds is 5. The molecule has 2 unspecified atom stereocenters. The minimum atomic E-state index is -0.306. The van der Waals surface area contributed by atoms with Crippen molar-refractivity contribution in [2.24, 2.45) is 5.92 Å². The molecule has 0 spiro atoms. The lowest BCUT2D eigenvalue weighted by Gasteiger charge is -2.17. The standard InChI is InChI=1S/C15H18FN5OS/c1-2-3-12-19-21-15(23-12)18-14(22)11-8-17-20-13(11)9-4-6-10(16)7-5-9/h4-7,11,13,17,20H,2-3,8H2,1H3,(H,18,21,22). The van der Waals surface area contributed by atoms with Gasteiger partial charge in [-0.1, -0.05) is 30.4 Å². The molecular formula is C15H18FN5OS. The highest BCUT2D eigenvalue weighted by atomic mass is 32.1. The number of halogens is 1. The largest absolute Gasteiger partial charge is 0.300 e. The van der Waals surface area contributed by atoms with Crippen LogP contribution in [0.4, 0.5) is 9.52 Å². The molecule has 1 fully saturated rings. The molecule has 1 aromatic heterocycles. The first-order valence-electron chi connectivity index (χ1n) is 7.54. The van der Waals surface area contributed by atoms with Crippen LogP contribution in [0.1, 0.15) is 30.0 Å². The summed E-state index contributed by atoms with van der Waals surface area (Å²) in [5.41, 5.74) is 6.92. The number of carbonyl (C=O) groups excluding carboxylic acids is 1. The molecule has 0 bridgehead atoms. The Bertz CT molecular complexity index is 675. The van der Waals surface area contributed by atoms with Crippen LogP contribution < -0.4 is 16.2 Å². The van der Waals surface area contributed by atoms with Crippen LogP contribution in [0.3, 0.4) is 0 Å². The molecule has 1 aromatic carbocycles. The maximum Gasteiger partial charge on any atom is 0.232 e. The molecule has 3 rings (SSSR count). The van der Waals surface area contributed by atoms with E-state index in [1.807, 2.05) is 0 Å². The van der Waals surface area contributed by atoms with Gasteiger partial charge in [0.1, 0.15) is 10.8 Å². The van der Waals surface area contributed by atoms with Crippen LogP contribution in [-0.2, 0) is 11.2 Å². The first kappa shape index (κ1) is 16.0. The van der Waals surface area contributed by atoms with Crippen molar-refractivity contribution in [3.8, 4) is 0 Å². The van der Waals surface area contributed by atoms with Crippen molar-refractivity contribution in [1.29, 1.82) is 0 Å². The molecule has 2 heterocycles. The Morgan fingerprint density at radius 3 is 2.91 bits per heavy atom. The monoisotopic (exact) mass is 335 g/mol. The molecule has 1 saturated heterocycles. The Balaban J connectivity index is 1.68. The van der Waals surface area contributed by atoms with Crippen molar-refractivity contribution in [3.63, 3.8) is 0 Å². The Labute approximate surface area is 137 Å². The highest BCUT2D eigenvalue weighted by molar-refractivity contribution is 7.15. The fraction of sp³-hybridized carbons (Fsp3) is 0.400. The SMILES string of the molecule is CCCc1nnc(NC(=O)C2CNNC2c2ccc(F)cc2)s1. The number of aryl methyl sites for hydroxylation is 1. The Hall–Kier alpha value is -1.90. The summed E-state index contributed by atoms with van der Waals surface area (Å²) in [6.07, 6.45) is 1.85. The molecule has 1 aliphatic heterocycles. The lowest BCUT2D eigenvalue weighted by Crippen LogP contribution is -2.29. The fourth-order valence-electron chi connectivity index (χ4n) is 2.54. The van der Waals surface area contributed by atoms with Crippen molar-refractivity contribution in [3.05, 3.63) is 40.7 Å². The summed E-state index contributed by atoms with van der Waals surface area (Å²) in [6.45, 7) is 2.57. The van der Waals surface area contributed by atoms with Gasteiger partial charge in [-0.2, -0.15) is 0 Å². The van der Waals surface area contributed by atoms with Gasteiger partial charge in [0.05, 0.1) is 12.0 Å². The zero-order valence-corrected chi connectivity index (χ0v) is 13.5. The molecule has 0 radical (unpaired) electrons. The van der Waals surface area contributed by atoms with Crippen molar-refractivity contribution >= 4 is 22.4 Å². The van der Waals surface area contributed by atoms with Crippen molar-refractivity contribution in [2.75, 3.05) is 11.9 Å². The predicted octanol–water partition coefficient (Wildman–Crippen LogP) is 2.03. The minimum Gasteiger partial charge on any atom is -0.300 e. The van der Waals surface area contributed by atoms with Crippen molar-refractivity contribution in [2.45, 2.75) is 25.8 Å². The summed E-state index contributed by atoms with van der Waals surface area (Å²) in [5, 5.41) is 12.3. The topological polar surface area (TPSA) is 78.9 Å². The molecule has 1 amide bonds. The average Bonchev–Trinajstić information content (AvgIpc) is 3.18. The summed E-state index contributed by atoms with van der Waals surface area (Å²) in [5.74, 6) is -0.729. The lowest BCUT2D eigenvalue weighted by atomic mass is 9.94. The normalized spacial score (nSPS) is 20.6. The van der Waals surface area contributed by atoms with Crippen molar-refractivity contribution in [1.82, 2.24) is 21.0 Å². The summed E-state index contributed by atoms with van der Waals surface area (Å²) >= 11 is 1.40. The fourth-order valence-corrected chi connectivity index (χ4v) is 3.39. The number of nitrogens with zero attached hydrogens (tertiary/aromatic N) is 2. The van der Waals surface area contributed by atoms with Gasteiger partial charge in [-0.05, 0) is 24.1 Å². The van der Waals surface area contributed by atoms with E-state index in [9.17, 15) is 9.18 Å². The summed E-state index contributed by atoms with van der Waals surface area (Å²) in [7, 11) is 0. The van der Waals surface area contributed by atoms with E-state index in [1.54, 1.807) is 12.1 Å². The number of carbonyl (C=O) groups is 1. The van der Waals surface area contributed by atoms with Crippen LogP contribution in [0.15, 0.2) is 24.3 Å². The molecule has 3 N–H and O–H groups in total. The highest BCUT2D eigenvalue weighted by Crippen LogP contribution is 2.27. The highest BCUT2D eigenvalue weighted by Gasteiger charge is 2.34. The number of anilines is 1. The molecular weight excluding hydrogens is 317 g/mol. The Morgan fingerprint density at radius 1 is 1.39 bits per heavy atom. The van der Waals surface area contributed by atoms with E-state index in [4.69, 9.17) is 0 Å². The molecule has 8 heteroatoms. The Morgan fingerprint density at radius 2 is 2.17 bits per heavy atom. The van der Waals surface area contributed by atoms with Crippen molar-refractivity contribution < 1.29 is 9.18 Å². The number of hydrogen-bond donors (Lipinski definition) is 3. The van der Waals surface area contributed by atoms with Gasteiger partial charge in [-0.3, -0.25) is 10.2 Å². The Kier molecular flexibility index (Phi) is 4.94. The van der Waals surface area contributed by atoms with Gasteiger partial charge in [0, 0.05) is 13.0 Å². The average molecular weight is 335 g/mol. The first-order chi connectivity index (χ1) is 11.2. The molecule has 2 atom stereocenters. The third kappa shape index (κ3) is 3.72. The quantitative estimate of drug-likeness (QED) is 0.779. The van der Waals surface area contributed by atoms with E-state index in [0.29, 0.717) is 11.7 Å². The zero-order chi connectivity index (χ0) is 16.2. The number of nitrogens with one attached hydrogen (secondary N) is 3. The second-order valence-electron chi connectivity index (χ2n) is 5.40.